The molecule has 0 spiro atoms. The van der Waals surface area contributed by atoms with Crippen LogP contribution in [0.5, 0.6) is 5.75 Å². The summed E-state index contributed by atoms with van der Waals surface area (Å²) in [6.45, 7) is 0.767. The lowest BCUT2D eigenvalue weighted by molar-refractivity contribution is 0.351. The third kappa shape index (κ3) is 1.84. The van der Waals surface area contributed by atoms with Crippen molar-refractivity contribution in [2.75, 3.05) is 13.7 Å². The maximum atomic E-state index is 5.75. The van der Waals surface area contributed by atoms with Crippen LogP contribution >= 0.6 is 0 Å². The average molecular weight is 241 g/mol. The maximum absolute atomic E-state index is 5.75. The second-order valence-corrected chi connectivity index (χ2v) is 4.29. The number of fused-ring (bicyclic) bond motifs is 1. The summed E-state index contributed by atoms with van der Waals surface area (Å²) in [4.78, 5) is 8.50. The van der Waals surface area contributed by atoms with Crippen LogP contribution in [0.25, 0.3) is 0 Å². The Kier molecular flexibility index (Phi) is 2.94. The lowest BCUT2D eigenvalue weighted by atomic mass is 10.00. The number of nitrogens with zero attached hydrogens (tertiary/aromatic N) is 2. The van der Waals surface area contributed by atoms with Crippen molar-refractivity contribution in [3.8, 4) is 5.75 Å². The third-order valence-electron chi connectivity index (χ3n) is 3.22. The van der Waals surface area contributed by atoms with Crippen LogP contribution in [0.1, 0.15) is 22.9 Å². The zero-order valence-electron chi connectivity index (χ0n) is 10.3. The van der Waals surface area contributed by atoms with Crippen molar-refractivity contribution in [1.82, 2.24) is 15.3 Å². The second-order valence-electron chi connectivity index (χ2n) is 4.29. The molecule has 4 heteroatoms. The van der Waals surface area contributed by atoms with Gasteiger partial charge in [-0.25, -0.2) is 0 Å². The molecule has 4 nitrogen and oxygen atoms in total. The summed E-state index contributed by atoms with van der Waals surface area (Å²) in [5.74, 6) is 1.00. The van der Waals surface area contributed by atoms with Gasteiger partial charge in [-0.1, -0.05) is 18.2 Å². The first-order valence-corrected chi connectivity index (χ1v) is 6.08. The van der Waals surface area contributed by atoms with E-state index in [0.717, 1.165) is 30.0 Å². The highest BCUT2D eigenvalue weighted by molar-refractivity contribution is 5.47. The lowest BCUT2D eigenvalue weighted by Gasteiger charge is -2.18. The van der Waals surface area contributed by atoms with Crippen LogP contribution in [0.2, 0.25) is 0 Å². The number of benzene rings is 1. The quantitative estimate of drug-likeness (QED) is 0.888. The first-order chi connectivity index (χ1) is 8.90. The van der Waals surface area contributed by atoms with Crippen molar-refractivity contribution in [3.63, 3.8) is 0 Å². The fraction of sp³-hybridized carbons (Fsp3) is 0.286. The SMILES string of the molecule is CNC(c1cnccn1)c1cccc2c1OCC2. The van der Waals surface area contributed by atoms with Gasteiger partial charge in [-0.2, -0.15) is 0 Å². The van der Waals surface area contributed by atoms with E-state index in [1.165, 1.54) is 5.56 Å². The second kappa shape index (κ2) is 4.74. The van der Waals surface area contributed by atoms with Crippen LogP contribution in [0.15, 0.2) is 36.8 Å². The molecule has 1 aliphatic heterocycles. The molecule has 1 aromatic heterocycles. The summed E-state index contributed by atoms with van der Waals surface area (Å²) in [6.07, 6.45) is 6.17. The highest BCUT2D eigenvalue weighted by atomic mass is 16.5. The largest absolute Gasteiger partial charge is 0.493 e. The Morgan fingerprint density at radius 2 is 2.28 bits per heavy atom. The molecule has 1 aliphatic rings. The molecule has 0 saturated heterocycles. The number of hydrogen-bond acceptors (Lipinski definition) is 4. The van der Waals surface area contributed by atoms with Crippen LogP contribution in [-0.4, -0.2) is 23.6 Å². The zero-order valence-corrected chi connectivity index (χ0v) is 10.3. The van der Waals surface area contributed by atoms with Crippen molar-refractivity contribution < 1.29 is 4.74 Å². The van der Waals surface area contributed by atoms with Gasteiger partial charge >= 0.3 is 0 Å². The van der Waals surface area contributed by atoms with Crippen LogP contribution in [0.4, 0.5) is 0 Å². The number of hydrogen-bond donors (Lipinski definition) is 1. The molecular formula is C14H15N3O. The van der Waals surface area contributed by atoms with E-state index >= 15 is 0 Å². The topological polar surface area (TPSA) is 47.0 Å². The van der Waals surface area contributed by atoms with Gasteiger partial charge in [-0.3, -0.25) is 9.97 Å². The molecule has 0 radical (unpaired) electrons. The highest BCUT2D eigenvalue weighted by Crippen LogP contribution is 2.35. The average Bonchev–Trinajstić information content (AvgIpc) is 2.90. The van der Waals surface area contributed by atoms with E-state index in [2.05, 4.69) is 33.5 Å². The summed E-state index contributed by atoms with van der Waals surface area (Å²) in [5.41, 5.74) is 3.31. The molecule has 92 valence electrons. The van der Waals surface area contributed by atoms with Crippen LogP contribution < -0.4 is 10.1 Å². The van der Waals surface area contributed by atoms with Crippen LogP contribution in [-0.2, 0) is 6.42 Å². The molecule has 2 heterocycles. The smallest absolute Gasteiger partial charge is 0.127 e. The predicted octanol–water partition coefficient (Wildman–Crippen LogP) is 1.72. The van der Waals surface area contributed by atoms with Gasteiger partial charge in [-0.15, -0.1) is 0 Å². The molecular weight excluding hydrogens is 226 g/mol. The van der Waals surface area contributed by atoms with Gasteiger partial charge in [0.05, 0.1) is 24.5 Å². The Hall–Kier alpha value is -1.94. The van der Waals surface area contributed by atoms with Crippen LogP contribution in [0.3, 0.4) is 0 Å². The summed E-state index contributed by atoms with van der Waals surface area (Å²) in [7, 11) is 1.92. The van der Waals surface area contributed by atoms with Crippen molar-refractivity contribution >= 4 is 0 Å². The van der Waals surface area contributed by atoms with Crippen molar-refractivity contribution in [2.24, 2.45) is 0 Å². The molecule has 0 amide bonds. The van der Waals surface area contributed by atoms with Gasteiger partial charge in [0.25, 0.3) is 0 Å². The molecule has 18 heavy (non-hydrogen) atoms. The summed E-state index contributed by atoms with van der Waals surface area (Å²) in [6, 6.07) is 6.30. The number of rotatable bonds is 3. The molecule has 1 unspecified atom stereocenters. The Bertz CT molecular complexity index is 542. The first-order valence-electron chi connectivity index (χ1n) is 6.08. The van der Waals surface area contributed by atoms with Gasteiger partial charge in [0.1, 0.15) is 5.75 Å². The van der Waals surface area contributed by atoms with Crippen molar-refractivity contribution in [2.45, 2.75) is 12.5 Å². The molecule has 1 N–H and O–H groups in total. The highest BCUT2D eigenvalue weighted by Gasteiger charge is 2.23. The fourth-order valence-electron chi connectivity index (χ4n) is 2.39. The van der Waals surface area contributed by atoms with Crippen LogP contribution in [0, 0.1) is 0 Å². The summed E-state index contributed by atoms with van der Waals surface area (Å²) < 4.78 is 5.75. The Morgan fingerprint density at radius 3 is 3.06 bits per heavy atom. The monoisotopic (exact) mass is 241 g/mol. The minimum absolute atomic E-state index is 0.0201. The summed E-state index contributed by atoms with van der Waals surface area (Å²) >= 11 is 0. The van der Waals surface area contributed by atoms with E-state index in [0.29, 0.717) is 0 Å². The standard InChI is InChI=1S/C14H15N3O/c1-15-13(12-9-16-6-7-17-12)11-4-2-3-10-5-8-18-14(10)11/h2-4,6-7,9,13,15H,5,8H2,1H3. The minimum Gasteiger partial charge on any atom is -0.493 e. The minimum atomic E-state index is 0.0201. The first kappa shape index (κ1) is 11.2. The molecule has 0 saturated carbocycles. The molecule has 1 aromatic carbocycles. The molecule has 0 aliphatic carbocycles. The fourth-order valence-corrected chi connectivity index (χ4v) is 2.39. The molecule has 3 rings (SSSR count). The van der Waals surface area contributed by atoms with Gasteiger partial charge in [0.15, 0.2) is 0 Å². The molecule has 0 bridgehead atoms. The van der Waals surface area contributed by atoms with E-state index in [9.17, 15) is 0 Å². The number of aromatic nitrogens is 2. The Balaban J connectivity index is 2.05. The van der Waals surface area contributed by atoms with E-state index in [-0.39, 0.29) is 6.04 Å². The Morgan fingerprint density at radius 1 is 1.33 bits per heavy atom. The van der Waals surface area contributed by atoms with Gasteiger partial charge < -0.3 is 10.1 Å². The van der Waals surface area contributed by atoms with E-state index in [1.54, 1.807) is 18.6 Å². The van der Waals surface area contributed by atoms with Crippen molar-refractivity contribution in [3.05, 3.63) is 53.6 Å². The maximum Gasteiger partial charge on any atom is 0.127 e. The Labute approximate surface area is 106 Å². The third-order valence-corrected chi connectivity index (χ3v) is 3.22. The van der Waals surface area contributed by atoms with E-state index < -0.39 is 0 Å². The van der Waals surface area contributed by atoms with E-state index in [4.69, 9.17) is 4.74 Å². The lowest BCUT2D eigenvalue weighted by Crippen LogP contribution is -2.19. The number of nitrogens with one attached hydrogen (secondary N) is 1. The van der Waals surface area contributed by atoms with E-state index in [1.807, 2.05) is 7.05 Å². The number of para-hydroxylation sites is 1. The van der Waals surface area contributed by atoms with Crippen molar-refractivity contribution in [1.29, 1.82) is 0 Å². The predicted molar refractivity (Wildman–Crippen MR) is 68.6 cm³/mol. The molecule has 0 fully saturated rings. The molecule has 2 aromatic rings. The number of ether oxygens (including phenoxy) is 1. The normalized spacial score (nSPS) is 14.9. The summed E-state index contributed by atoms with van der Waals surface area (Å²) in [5, 5.41) is 3.28. The van der Waals surface area contributed by atoms with Gasteiger partial charge in [0.2, 0.25) is 0 Å². The van der Waals surface area contributed by atoms with Gasteiger partial charge in [-0.05, 0) is 12.6 Å². The van der Waals surface area contributed by atoms with Gasteiger partial charge in [0, 0.05) is 24.4 Å². The molecule has 1 atom stereocenters. The zero-order chi connectivity index (χ0) is 12.4.